The summed E-state index contributed by atoms with van der Waals surface area (Å²) in [6, 6.07) is 6.44. The Morgan fingerprint density at radius 1 is 1.57 bits per heavy atom. The minimum absolute atomic E-state index is 0.198. The van der Waals surface area contributed by atoms with Crippen LogP contribution in [0.15, 0.2) is 18.2 Å². The zero-order valence-corrected chi connectivity index (χ0v) is 12.6. The summed E-state index contributed by atoms with van der Waals surface area (Å²) in [7, 11) is 1.98. The standard InChI is InChI=1S/C17H22N2O2/c1-4-10-19-17(20)12(2)21-14-9-8-13-6-5-7-16(18-3)15(13)11-14/h1,8-9,11-12,16,18H,5-7,10H2,2-3H3,(H,19,20). The molecular weight excluding hydrogens is 264 g/mol. The summed E-state index contributed by atoms with van der Waals surface area (Å²) >= 11 is 0. The molecule has 0 bridgehead atoms. The van der Waals surface area contributed by atoms with Crippen molar-refractivity contribution in [2.75, 3.05) is 13.6 Å². The van der Waals surface area contributed by atoms with Gasteiger partial charge in [0, 0.05) is 6.04 Å². The average molecular weight is 286 g/mol. The van der Waals surface area contributed by atoms with E-state index in [1.54, 1.807) is 6.92 Å². The minimum Gasteiger partial charge on any atom is -0.481 e. The van der Waals surface area contributed by atoms with Gasteiger partial charge < -0.3 is 15.4 Å². The molecule has 112 valence electrons. The predicted octanol–water partition coefficient (Wildman–Crippen LogP) is 1.80. The number of benzene rings is 1. The molecule has 2 unspecified atom stereocenters. The van der Waals surface area contributed by atoms with Crippen molar-refractivity contribution in [3.8, 4) is 18.1 Å². The minimum atomic E-state index is -0.562. The van der Waals surface area contributed by atoms with E-state index in [0.717, 1.165) is 18.6 Å². The van der Waals surface area contributed by atoms with Crippen LogP contribution in [0.1, 0.15) is 36.9 Å². The normalized spacial score (nSPS) is 18.2. The van der Waals surface area contributed by atoms with Crippen LogP contribution in [0.4, 0.5) is 0 Å². The van der Waals surface area contributed by atoms with E-state index in [1.165, 1.54) is 17.5 Å². The van der Waals surface area contributed by atoms with Gasteiger partial charge in [-0.3, -0.25) is 4.79 Å². The number of carbonyl (C=O) groups is 1. The van der Waals surface area contributed by atoms with E-state index in [0.29, 0.717) is 6.04 Å². The quantitative estimate of drug-likeness (QED) is 0.812. The van der Waals surface area contributed by atoms with Crippen molar-refractivity contribution in [2.45, 2.75) is 38.3 Å². The molecule has 0 spiro atoms. The molecule has 2 atom stereocenters. The Morgan fingerprint density at radius 3 is 3.10 bits per heavy atom. The molecule has 0 aromatic heterocycles. The third-order valence-electron chi connectivity index (χ3n) is 3.83. The highest BCUT2D eigenvalue weighted by molar-refractivity contribution is 5.80. The Morgan fingerprint density at radius 2 is 2.38 bits per heavy atom. The number of amides is 1. The van der Waals surface area contributed by atoms with Crippen LogP contribution in [0, 0.1) is 12.3 Å². The fourth-order valence-corrected chi connectivity index (χ4v) is 2.69. The summed E-state index contributed by atoms with van der Waals surface area (Å²) in [6.45, 7) is 1.94. The first-order valence-corrected chi connectivity index (χ1v) is 7.33. The number of ether oxygens (including phenoxy) is 1. The van der Waals surface area contributed by atoms with Gasteiger partial charge in [0.2, 0.25) is 0 Å². The topological polar surface area (TPSA) is 50.4 Å². The molecule has 1 amide bonds. The lowest BCUT2D eigenvalue weighted by Gasteiger charge is -2.26. The van der Waals surface area contributed by atoms with Crippen LogP contribution in [0.5, 0.6) is 5.75 Å². The van der Waals surface area contributed by atoms with Gasteiger partial charge in [-0.15, -0.1) is 6.42 Å². The van der Waals surface area contributed by atoms with E-state index in [4.69, 9.17) is 11.2 Å². The molecule has 0 fully saturated rings. The van der Waals surface area contributed by atoms with Gasteiger partial charge in [0.1, 0.15) is 5.75 Å². The zero-order valence-electron chi connectivity index (χ0n) is 12.6. The van der Waals surface area contributed by atoms with E-state index in [1.807, 2.05) is 19.2 Å². The molecule has 2 rings (SSSR count). The Labute approximate surface area is 126 Å². The molecule has 0 saturated heterocycles. The smallest absolute Gasteiger partial charge is 0.261 e. The molecule has 4 nitrogen and oxygen atoms in total. The molecule has 0 saturated carbocycles. The number of hydrogen-bond acceptors (Lipinski definition) is 3. The summed E-state index contributed by atoms with van der Waals surface area (Å²) in [5, 5.41) is 5.96. The highest BCUT2D eigenvalue weighted by Crippen LogP contribution is 2.32. The van der Waals surface area contributed by atoms with Gasteiger partial charge in [-0.05, 0) is 56.5 Å². The summed E-state index contributed by atoms with van der Waals surface area (Å²) in [6.07, 6.45) is 7.99. The van der Waals surface area contributed by atoms with E-state index in [-0.39, 0.29) is 12.5 Å². The van der Waals surface area contributed by atoms with Crippen molar-refractivity contribution in [3.05, 3.63) is 29.3 Å². The first kappa shape index (κ1) is 15.4. The lowest BCUT2D eigenvalue weighted by molar-refractivity contribution is -0.126. The Balaban J connectivity index is 2.08. The van der Waals surface area contributed by atoms with Gasteiger partial charge in [0.15, 0.2) is 6.10 Å². The molecule has 21 heavy (non-hydrogen) atoms. The fraction of sp³-hybridized carbons (Fsp3) is 0.471. The number of rotatable bonds is 5. The average Bonchev–Trinajstić information content (AvgIpc) is 2.51. The van der Waals surface area contributed by atoms with Crippen molar-refractivity contribution < 1.29 is 9.53 Å². The van der Waals surface area contributed by atoms with Crippen LogP contribution in [0.3, 0.4) is 0 Å². The number of hydrogen-bond donors (Lipinski definition) is 2. The Kier molecular flexibility index (Phi) is 5.24. The van der Waals surface area contributed by atoms with E-state index in [2.05, 4.69) is 22.6 Å². The van der Waals surface area contributed by atoms with Gasteiger partial charge in [-0.2, -0.15) is 0 Å². The molecule has 4 heteroatoms. The van der Waals surface area contributed by atoms with Gasteiger partial charge >= 0.3 is 0 Å². The van der Waals surface area contributed by atoms with E-state index >= 15 is 0 Å². The van der Waals surface area contributed by atoms with Crippen LogP contribution in [-0.2, 0) is 11.2 Å². The maximum Gasteiger partial charge on any atom is 0.261 e. The van der Waals surface area contributed by atoms with Crippen LogP contribution in [0.2, 0.25) is 0 Å². The maximum atomic E-state index is 11.8. The second-order valence-electron chi connectivity index (χ2n) is 5.28. The van der Waals surface area contributed by atoms with Gasteiger partial charge in [-0.25, -0.2) is 0 Å². The van der Waals surface area contributed by atoms with Crippen LogP contribution in [0.25, 0.3) is 0 Å². The first-order valence-electron chi connectivity index (χ1n) is 7.33. The summed E-state index contributed by atoms with van der Waals surface area (Å²) < 4.78 is 5.72. The van der Waals surface area contributed by atoms with Gasteiger partial charge in [0.05, 0.1) is 6.54 Å². The largest absolute Gasteiger partial charge is 0.481 e. The SMILES string of the molecule is C#CCNC(=O)C(C)Oc1ccc2c(c1)C(NC)CCC2. The summed E-state index contributed by atoms with van der Waals surface area (Å²) in [5.74, 6) is 2.90. The van der Waals surface area contributed by atoms with Crippen LogP contribution < -0.4 is 15.4 Å². The molecule has 2 N–H and O–H groups in total. The molecule has 1 aromatic carbocycles. The third kappa shape index (κ3) is 3.77. The molecule has 0 heterocycles. The number of aryl methyl sites for hydroxylation is 1. The van der Waals surface area contributed by atoms with Crippen molar-refractivity contribution in [3.63, 3.8) is 0 Å². The number of fused-ring (bicyclic) bond motifs is 1. The maximum absolute atomic E-state index is 11.8. The molecule has 1 aliphatic carbocycles. The molecule has 0 aliphatic heterocycles. The van der Waals surface area contributed by atoms with E-state index < -0.39 is 6.10 Å². The summed E-state index contributed by atoms with van der Waals surface area (Å²) in [5.41, 5.74) is 2.63. The second kappa shape index (κ2) is 7.14. The van der Waals surface area contributed by atoms with Crippen molar-refractivity contribution in [1.29, 1.82) is 0 Å². The third-order valence-corrected chi connectivity index (χ3v) is 3.83. The second-order valence-corrected chi connectivity index (χ2v) is 5.28. The van der Waals surface area contributed by atoms with Crippen LogP contribution in [-0.4, -0.2) is 25.6 Å². The number of nitrogens with one attached hydrogen (secondary N) is 2. The number of carbonyl (C=O) groups excluding carboxylic acids is 1. The monoisotopic (exact) mass is 286 g/mol. The first-order chi connectivity index (χ1) is 10.2. The highest BCUT2D eigenvalue weighted by Gasteiger charge is 2.20. The van der Waals surface area contributed by atoms with Crippen LogP contribution >= 0.6 is 0 Å². The Hall–Kier alpha value is -1.99. The van der Waals surface area contributed by atoms with Crippen molar-refractivity contribution >= 4 is 5.91 Å². The van der Waals surface area contributed by atoms with Gasteiger partial charge in [0.25, 0.3) is 5.91 Å². The zero-order chi connectivity index (χ0) is 15.2. The Bertz CT molecular complexity index is 548. The van der Waals surface area contributed by atoms with E-state index in [9.17, 15) is 4.79 Å². The summed E-state index contributed by atoms with van der Waals surface area (Å²) in [4.78, 5) is 11.8. The highest BCUT2D eigenvalue weighted by atomic mass is 16.5. The molecule has 1 aromatic rings. The predicted molar refractivity (Wildman–Crippen MR) is 83.1 cm³/mol. The lowest BCUT2D eigenvalue weighted by Crippen LogP contribution is -2.36. The lowest BCUT2D eigenvalue weighted by atomic mass is 9.87. The van der Waals surface area contributed by atoms with Crippen molar-refractivity contribution in [1.82, 2.24) is 10.6 Å². The number of terminal acetylenes is 1. The molecule has 0 radical (unpaired) electrons. The molecular formula is C17H22N2O2. The van der Waals surface area contributed by atoms with Gasteiger partial charge in [-0.1, -0.05) is 12.0 Å². The fourth-order valence-electron chi connectivity index (χ4n) is 2.69. The molecule has 1 aliphatic rings. The van der Waals surface area contributed by atoms with Crippen molar-refractivity contribution in [2.24, 2.45) is 0 Å².